The van der Waals surface area contributed by atoms with Crippen LogP contribution in [-0.4, -0.2) is 22.7 Å². The van der Waals surface area contributed by atoms with Gasteiger partial charge in [-0.2, -0.15) is 0 Å². The third kappa shape index (κ3) is 5.87. The summed E-state index contributed by atoms with van der Waals surface area (Å²) in [6, 6.07) is 5.93. The lowest BCUT2D eigenvalue weighted by molar-refractivity contribution is -0.118. The minimum atomic E-state index is -0.238. The normalized spacial score (nSPS) is 10.6. The number of carbonyl (C=O) groups excluding carboxylic acids is 1. The van der Waals surface area contributed by atoms with Crippen LogP contribution in [0.4, 0.5) is 5.13 Å². The highest BCUT2D eigenvalue weighted by molar-refractivity contribution is 9.10. The van der Waals surface area contributed by atoms with Gasteiger partial charge in [-0.3, -0.25) is 10.1 Å². The maximum Gasteiger partial charge on any atom is 0.264 e. The molecule has 130 valence electrons. The van der Waals surface area contributed by atoms with Crippen molar-refractivity contribution in [1.29, 1.82) is 0 Å². The third-order valence-electron chi connectivity index (χ3n) is 3.35. The molecule has 1 aromatic heterocycles. The molecular formula is C17H22BrN3O2S. The highest BCUT2D eigenvalue weighted by Gasteiger charge is 2.10. The van der Waals surface area contributed by atoms with Crippen molar-refractivity contribution in [1.82, 2.24) is 10.2 Å². The smallest absolute Gasteiger partial charge is 0.264 e. The molecule has 24 heavy (non-hydrogen) atoms. The van der Waals surface area contributed by atoms with Crippen LogP contribution in [0.25, 0.3) is 0 Å². The van der Waals surface area contributed by atoms with Gasteiger partial charge in [0.05, 0.1) is 4.47 Å². The number of halogens is 1. The number of aromatic nitrogens is 2. The largest absolute Gasteiger partial charge is 0.483 e. The molecule has 0 radical (unpaired) electrons. The molecular weight excluding hydrogens is 390 g/mol. The van der Waals surface area contributed by atoms with Crippen LogP contribution in [0.5, 0.6) is 5.75 Å². The van der Waals surface area contributed by atoms with Gasteiger partial charge < -0.3 is 4.74 Å². The SMILES string of the molecule is CCCCc1nnc(NC(=O)COc2ccc(CCC)cc2Br)s1. The van der Waals surface area contributed by atoms with Gasteiger partial charge in [-0.05, 0) is 46.5 Å². The summed E-state index contributed by atoms with van der Waals surface area (Å²) in [5.41, 5.74) is 1.25. The molecule has 7 heteroatoms. The van der Waals surface area contributed by atoms with Crippen LogP contribution in [0.1, 0.15) is 43.7 Å². The van der Waals surface area contributed by atoms with E-state index in [9.17, 15) is 4.79 Å². The van der Waals surface area contributed by atoms with E-state index in [4.69, 9.17) is 4.74 Å². The first-order valence-corrected chi connectivity index (χ1v) is 9.76. The molecule has 1 N–H and O–H groups in total. The van der Waals surface area contributed by atoms with E-state index in [1.807, 2.05) is 18.2 Å². The minimum Gasteiger partial charge on any atom is -0.483 e. The van der Waals surface area contributed by atoms with E-state index in [1.54, 1.807) is 0 Å². The van der Waals surface area contributed by atoms with Crippen molar-refractivity contribution in [2.45, 2.75) is 46.0 Å². The number of nitrogens with zero attached hydrogens (tertiary/aromatic N) is 2. The van der Waals surface area contributed by atoms with Crippen LogP contribution in [0, 0.1) is 0 Å². The van der Waals surface area contributed by atoms with Crippen LogP contribution in [-0.2, 0) is 17.6 Å². The van der Waals surface area contributed by atoms with Crippen LogP contribution < -0.4 is 10.1 Å². The van der Waals surface area contributed by atoms with Crippen molar-refractivity contribution >= 4 is 38.3 Å². The maximum atomic E-state index is 12.0. The average Bonchev–Trinajstić information content (AvgIpc) is 3.00. The fourth-order valence-corrected chi connectivity index (χ4v) is 3.48. The molecule has 0 aliphatic carbocycles. The average molecular weight is 412 g/mol. The Bertz CT molecular complexity index is 676. The van der Waals surface area contributed by atoms with Crippen LogP contribution in [0.15, 0.2) is 22.7 Å². The summed E-state index contributed by atoms with van der Waals surface area (Å²) >= 11 is 4.90. The topological polar surface area (TPSA) is 64.1 Å². The molecule has 2 aromatic rings. The van der Waals surface area contributed by atoms with E-state index in [2.05, 4.69) is 45.3 Å². The van der Waals surface area contributed by atoms with Crippen molar-refractivity contribution in [3.63, 3.8) is 0 Å². The van der Waals surface area contributed by atoms with Crippen molar-refractivity contribution in [2.24, 2.45) is 0 Å². The fraction of sp³-hybridized carbons (Fsp3) is 0.471. The number of hydrogen-bond acceptors (Lipinski definition) is 5. The minimum absolute atomic E-state index is 0.0599. The van der Waals surface area contributed by atoms with Gasteiger partial charge in [0.15, 0.2) is 6.61 Å². The number of unbranched alkanes of at least 4 members (excludes halogenated alkanes) is 1. The number of hydrogen-bond donors (Lipinski definition) is 1. The number of rotatable bonds is 9. The molecule has 0 saturated carbocycles. The van der Waals surface area contributed by atoms with Crippen LogP contribution >= 0.6 is 27.3 Å². The first-order valence-electron chi connectivity index (χ1n) is 8.15. The van der Waals surface area contributed by atoms with Crippen molar-refractivity contribution in [3.8, 4) is 5.75 Å². The predicted octanol–water partition coefficient (Wildman–Crippen LogP) is 4.61. The number of ether oxygens (including phenoxy) is 1. The molecule has 1 heterocycles. The van der Waals surface area contributed by atoms with E-state index in [-0.39, 0.29) is 12.5 Å². The molecule has 2 rings (SSSR count). The van der Waals surface area contributed by atoms with Gasteiger partial charge in [-0.25, -0.2) is 0 Å². The summed E-state index contributed by atoms with van der Waals surface area (Å²) in [6.45, 7) is 4.22. The van der Waals surface area contributed by atoms with E-state index in [0.717, 1.165) is 41.6 Å². The van der Waals surface area contributed by atoms with Crippen LogP contribution in [0.2, 0.25) is 0 Å². The lowest BCUT2D eigenvalue weighted by Crippen LogP contribution is -2.20. The Labute approximate surface area is 155 Å². The van der Waals surface area contributed by atoms with Gasteiger partial charge in [0.25, 0.3) is 5.91 Å². The molecule has 5 nitrogen and oxygen atoms in total. The Kier molecular flexibility index (Phi) is 7.65. The molecule has 0 aliphatic heterocycles. The van der Waals surface area contributed by atoms with Gasteiger partial charge in [-0.15, -0.1) is 10.2 Å². The lowest BCUT2D eigenvalue weighted by Gasteiger charge is -2.09. The second-order valence-electron chi connectivity index (χ2n) is 5.46. The molecule has 0 saturated heterocycles. The summed E-state index contributed by atoms with van der Waals surface area (Å²) in [5, 5.41) is 12.3. The van der Waals surface area contributed by atoms with E-state index < -0.39 is 0 Å². The number of nitrogens with one attached hydrogen (secondary N) is 1. The molecule has 0 bridgehead atoms. The summed E-state index contributed by atoms with van der Waals surface area (Å²) < 4.78 is 6.43. The zero-order valence-corrected chi connectivity index (χ0v) is 16.4. The second kappa shape index (κ2) is 9.74. The summed E-state index contributed by atoms with van der Waals surface area (Å²) in [7, 11) is 0. The number of benzene rings is 1. The Hall–Kier alpha value is -1.47. The third-order valence-corrected chi connectivity index (χ3v) is 4.87. The Balaban J connectivity index is 1.83. The monoisotopic (exact) mass is 411 g/mol. The first kappa shape index (κ1) is 18.9. The Morgan fingerprint density at radius 1 is 1.25 bits per heavy atom. The van der Waals surface area contributed by atoms with Crippen molar-refractivity contribution in [3.05, 3.63) is 33.2 Å². The van der Waals surface area contributed by atoms with Crippen molar-refractivity contribution in [2.75, 3.05) is 11.9 Å². The highest BCUT2D eigenvalue weighted by Crippen LogP contribution is 2.26. The zero-order valence-electron chi connectivity index (χ0n) is 14.0. The molecule has 0 spiro atoms. The Morgan fingerprint density at radius 2 is 2.08 bits per heavy atom. The molecule has 1 amide bonds. The standard InChI is InChI=1S/C17H22BrN3O2S/c1-3-5-7-16-20-21-17(24-16)19-15(22)11-23-14-9-8-12(6-4-2)10-13(14)18/h8-10H,3-7,11H2,1-2H3,(H,19,21,22). The first-order chi connectivity index (χ1) is 11.6. The molecule has 0 fully saturated rings. The quantitative estimate of drug-likeness (QED) is 0.653. The van der Waals surface area contributed by atoms with Crippen molar-refractivity contribution < 1.29 is 9.53 Å². The van der Waals surface area contributed by atoms with E-state index in [1.165, 1.54) is 16.9 Å². The van der Waals surface area contributed by atoms with Gasteiger partial charge >= 0.3 is 0 Å². The summed E-state index contributed by atoms with van der Waals surface area (Å²) in [4.78, 5) is 12.0. The number of anilines is 1. The fourth-order valence-electron chi connectivity index (χ4n) is 2.14. The van der Waals surface area contributed by atoms with Gasteiger partial charge in [-0.1, -0.05) is 44.1 Å². The van der Waals surface area contributed by atoms with Gasteiger partial charge in [0.1, 0.15) is 10.8 Å². The van der Waals surface area contributed by atoms with Gasteiger partial charge in [0, 0.05) is 6.42 Å². The second-order valence-corrected chi connectivity index (χ2v) is 7.37. The molecule has 1 aromatic carbocycles. The maximum absolute atomic E-state index is 12.0. The number of aryl methyl sites for hydroxylation is 2. The lowest BCUT2D eigenvalue weighted by atomic mass is 10.1. The molecule has 0 aliphatic rings. The van der Waals surface area contributed by atoms with Gasteiger partial charge in [0.2, 0.25) is 5.13 Å². The predicted molar refractivity (Wildman–Crippen MR) is 101 cm³/mol. The summed E-state index contributed by atoms with van der Waals surface area (Å²) in [5.74, 6) is 0.420. The molecule has 0 unspecified atom stereocenters. The number of carbonyl (C=O) groups is 1. The summed E-state index contributed by atoms with van der Waals surface area (Å²) in [6.07, 6.45) is 5.21. The van der Waals surface area contributed by atoms with Crippen LogP contribution in [0.3, 0.4) is 0 Å². The Morgan fingerprint density at radius 3 is 2.79 bits per heavy atom. The highest BCUT2D eigenvalue weighted by atomic mass is 79.9. The zero-order chi connectivity index (χ0) is 17.4. The van der Waals surface area contributed by atoms with E-state index >= 15 is 0 Å². The number of amides is 1. The molecule has 0 atom stereocenters. The van der Waals surface area contributed by atoms with E-state index in [0.29, 0.717) is 10.9 Å².